The van der Waals surface area contributed by atoms with Gasteiger partial charge in [0.2, 0.25) is 5.91 Å². The Morgan fingerprint density at radius 2 is 1.63 bits per heavy atom. The van der Waals surface area contributed by atoms with Crippen LogP contribution in [-0.2, 0) is 14.8 Å². The van der Waals surface area contributed by atoms with Crippen molar-refractivity contribution >= 4 is 50.5 Å². The van der Waals surface area contributed by atoms with E-state index in [1.54, 1.807) is 61.5 Å². The maximum Gasteiger partial charge on any atom is 0.264 e. The SMILES string of the molecule is Cc1ccc(NC(=O)CN(c2ccc(Cl)cc2C)S(=O)(=O)c2ccccc2)cc1Cl. The molecule has 0 atom stereocenters. The number of hydrogen-bond donors (Lipinski definition) is 1. The molecule has 0 spiro atoms. The van der Waals surface area contributed by atoms with Crippen molar-refractivity contribution in [2.75, 3.05) is 16.2 Å². The van der Waals surface area contributed by atoms with Crippen LogP contribution in [0, 0.1) is 13.8 Å². The quantitative estimate of drug-likeness (QED) is 0.529. The van der Waals surface area contributed by atoms with E-state index in [4.69, 9.17) is 23.2 Å². The average Bonchev–Trinajstić information content (AvgIpc) is 2.70. The fourth-order valence-corrected chi connectivity index (χ4v) is 4.83. The molecule has 0 aromatic heterocycles. The van der Waals surface area contributed by atoms with Gasteiger partial charge in [0.1, 0.15) is 6.54 Å². The predicted octanol–water partition coefficient (Wildman–Crippen LogP) is 5.44. The molecule has 3 aromatic rings. The molecule has 0 fully saturated rings. The Hall–Kier alpha value is -2.54. The second-order valence-corrected chi connectivity index (χ2v) is 9.47. The molecule has 1 N–H and O–H groups in total. The van der Waals surface area contributed by atoms with Crippen molar-refractivity contribution < 1.29 is 13.2 Å². The average molecular weight is 463 g/mol. The summed E-state index contributed by atoms with van der Waals surface area (Å²) in [6.45, 7) is 3.18. The fraction of sp³-hybridized carbons (Fsp3) is 0.136. The van der Waals surface area contributed by atoms with Gasteiger partial charge in [-0.05, 0) is 67.4 Å². The predicted molar refractivity (Wildman–Crippen MR) is 122 cm³/mol. The summed E-state index contributed by atoms with van der Waals surface area (Å²) in [7, 11) is -3.99. The van der Waals surface area contributed by atoms with Crippen LogP contribution in [0.3, 0.4) is 0 Å². The first kappa shape index (κ1) is 22.2. The highest BCUT2D eigenvalue weighted by Gasteiger charge is 2.28. The Morgan fingerprint density at radius 3 is 2.27 bits per heavy atom. The normalized spacial score (nSPS) is 11.2. The number of nitrogens with one attached hydrogen (secondary N) is 1. The van der Waals surface area contributed by atoms with Crippen LogP contribution < -0.4 is 9.62 Å². The molecule has 156 valence electrons. The molecule has 3 aromatic carbocycles. The van der Waals surface area contributed by atoms with E-state index in [0.29, 0.717) is 27.0 Å². The van der Waals surface area contributed by atoms with Crippen molar-refractivity contribution in [3.8, 4) is 0 Å². The van der Waals surface area contributed by atoms with Crippen LogP contribution in [0.2, 0.25) is 10.0 Å². The topological polar surface area (TPSA) is 66.5 Å². The number of benzene rings is 3. The Morgan fingerprint density at radius 1 is 0.933 bits per heavy atom. The zero-order chi connectivity index (χ0) is 21.9. The number of carbonyl (C=O) groups is 1. The number of amides is 1. The van der Waals surface area contributed by atoms with Gasteiger partial charge in [0.05, 0.1) is 10.6 Å². The maximum atomic E-state index is 13.3. The molecular formula is C22H20Cl2N2O3S. The Bertz CT molecular complexity index is 1180. The molecule has 0 aliphatic carbocycles. The van der Waals surface area contributed by atoms with Crippen LogP contribution in [0.1, 0.15) is 11.1 Å². The highest BCUT2D eigenvalue weighted by molar-refractivity contribution is 7.92. The zero-order valence-corrected chi connectivity index (χ0v) is 18.7. The minimum Gasteiger partial charge on any atom is -0.324 e. The third-order valence-corrected chi connectivity index (χ3v) is 6.92. The third kappa shape index (κ3) is 4.95. The molecule has 30 heavy (non-hydrogen) atoms. The first-order valence-corrected chi connectivity index (χ1v) is 11.3. The molecule has 0 saturated heterocycles. The summed E-state index contributed by atoms with van der Waals surface area (Å²) in [6.07, 6.45) is 0. The minimum atomic E-state index is -3.99. The standard InChI is InChI=1S/C22H20Cl2N2O3S/c1-15-8-10-18(13-20(15)24)25-22(27)14-26(21-11-9-17(23)12-16(21)2)30(28,29)19-6-4-3-5-7-19/h3-13H,14H2,1-2H3,(H,25,27). The zero-order valence-electron chi connectivity index (χ0n) is 16.4. The lowest BCUT2D eigenvalue weighted by Crippen LogP contribution is -2.38. The number of carbonyl (C=O) groups excluding carboxylic acids is 1. The summed E-state index contributed by atoms with van der Waals surface area (Å²) in [6, 6.07) is 17.9. The van der Waals surface area contributed by atoms with Crippen molar-refractivity contribution in [1.82, 2.24) is 0 Å². The van der Waals surface area contributed by atoms with Gasteiger partial charge < -0.3 is 5.32 Å². The van der Waals surface area contributed by atoms with E-state index in [0.717, 1.165) is 9.87 Å². The van der Waals surface area contributed by atoms with Crippen molar-refractivity contribution in [1.29, 1.82) is 0 Å². The number of anilines is 2. The van der Waals surface area contributed by atoms with Crippen LogP contribution in [-0.4, -0.2) is 20.9 Å². The summed E-state index contributed by atoms with van der Waals surface area (Å²) in [5.74, 6) is -0.497. The fourth-order valence-electron chi connectivity index (χ4n) is 2.92. The van der Waals surface area contributed by atoms with Crippen LogP contribution in [0.15, 0.2) is 71.6 Å². The van der Waals surface area contributed by atoms with Crippen LogP contribution in [0.4, 0.5) is 11.4 Å². The van der Waals surface area contributed by atoms with Crippen LogP contribution in [0.25, 0.3) is 0 Å². The highest BCUT2D eigenvalue weighted by Crippen LogP contribution is 2.29. The van der Waals surface area contributed by atoms with E-state index in [9.17, 15) is 13.2 Å². The van der Waals surface area contributed by atoms with Gasteiger partial charge in [-0.2, -0.15) is 0 Å². The van der Waals surface area contributed by atoms with Gasteiger partial charge in [-0.1, -0.05) is 47.5 Å². The number of hydrogen-bond acceptors (Lipinski definition) is 3. The second kappa shape index (κ2) is 9.08. The molecule has 5 nitrogen and oxygen atoms in total. The van der Waals surface area contributed by atoms with Crippen molar-refractivity contribution in [3.05, 3.63) is 87.9 Å². The molecule has 0 radical (unpaired) electrons. The summed E-state index contributed by atoms with van der Waals surface area (Å²) in [5.41, 5.74) is 2.37. The molecule has 0 heterocycles. The second-order valence-electron chi connectivity index (χ2n) is 6.77. The molecule has 0 aliphatic heterocycles. The Kier molecular flexibility index (Phi) is 6.71. The largest absolute Gasteiger partial charge is 0.324 e. The summed E-state index contributed by atoms with van der Waals surface area (Å²) < 4.78 is 27.8. The molecule has 0 aliphatic rings. The van der Waals surface area contributed by atoms with E-state index in [2.05, 4.69) is 5.32 Å². The molecule has 0 unspecified atom stereocenters. The lowest BCUT2D eigenvalue weighted by Gasteiger charge is -2.25. The van der Waals surface area contributed by atoms with E-state index in [1.165, 1.54) is 12.1 Å². The summed E-state index contributed by atoms with van der Waals surface area (Å²) in [4.78, 5) is 12.9. The Labute approximate surface area is 186 Å². The molecular weight excluding hydrogens is 443 g/mol. The van der Waals surface area contributed by atoms with Crippen LogP contribution >= 0.6 is 23.2 Å². The summed E-state index contributed by atoms with van der Waals surface area (Å²) in [5, 5.41) is 3.70. The number of aryl methyl sites for hydroxylation is 2. The highest BCUT2D eigenvalue weighted by atomic mass is 35.5. The van der Waals surface area contributed by atoms with Crippen LogP contribution in [0.5, 0.6) is 0 Å². The van der Waals surface area contributed by atoms with Gasteiger partial charge in [-0.3, -0.25) is 9.10 Å². The van der Waals surface area contributed by atoms with Gasteiger partial charge in [-0.25, -0.2) is 8.42 Å². The van der Waals surface area contributed by atoms with Gasteiger partial charge in [-0.15, -0.1) is 0 Å². The van der Waals surface area contributed by atoms with Crippen molar-refractivity contribution in [3.63, 3.8) is 0 Å². The van der Waals surface area contributed by atoms with E-state index < -0.39 is 22.5 Å². The lowest BCUT2D eigenvalue weighted by molar-refractivity contribution is -0.114. The van der Waals surface area contributed by atoms with E-state index in [1.807, 2.05) is 6.92 Å². The lowest BCUT2D eigenvalue weighted by atomic mass is 10.2. The van der Waals surface area contributed by atoms with Gasteiger partial charge in [0, 0.05) is 15.7 Å². The molecule has 0 bridgehead atoms. The smallest absolute Gasteiger partial charge is 0.264 e. The van der Waals surface area contributed by atoms with Crippen molar-refractivity contribution in [2.24, 2.45) is 0 Å². The van der Waals surface area contributed by atoms with E-state index >= 15 is 0 Å². The number of rotatable bonds is 6. The van der Waals surface area contributed by atoms with Gasteiger partial charge in [0.25, 0.3) is 10.0 Å². The first-order chi connectivity index (χ1) is 14.2. The summed E-state index contributed by atoms with van der Waals surface area (Å²) >= 11 is 12.2. The maximum absolute atomic E-state index is 13.3. The monoisotopic (exact) mass is 462 g/mol. The first-order valence-electron chi connectivity index (χ1n) is 9.08. The van der Waals surface area contributed by atoms with Crippen molar-refractivity contribution in [2.45, 2.75) is 18.7 Å². The third-order valence-electron chi connectivity index (χ3n) is 4.50. The molecule has 1 amide bonds. The number of halogens is 2. The van der Waals surface area contributed by atoms with E-state index in [-0.39, 0.29) is 4.90 Å². The molecule has 0 saturated carbocycles. The van der Waals surface area contributed by atoms with Gasteiger partial charge >= 0.3 is 0 Å². The van der Waals surface area contributed by atoms with Gasteiger partial charge in [0.15, 0.2) is 0 Å². The molecule has 8 heteroatoms. The number of nitrogens with zero attached hydrogens (tertiary/aromatic N) is 1. The molecule has 3 rings (SSSR count). The minimum absolute atomic E-state index is 0.0885. The Balaban J connectivity index is 1.97. The number of sulfonamides is 1.